The minimum atomic E-state index is -0.562. The molecule has 7 rings (SSSR count). The zero-order valence-electron chi connectivity index (χ0n) is 19.1. The van der Waals surface area contributed by atoms with Crippen molar-refractivity contribution in [3.05, 3.63) is 59.7 Å². The first-order chi connectivity index (χ1) is 17.7. The van der Waals surface area contributed by atoms with Crippen molar-refractivity contribution in [2.24, 2.45) is 5.92 Å². The Labute approximate surface area is 209 Å². The van der Waals surface area contributed by atoms with E-state index >= 15 is 0 Å². The van der Waals surface area contributed by atoms with Crippen molar-refractivity contribution < 1.29 is 5.11 Å². The van der Waals surface area contributed by atoms with Gasteiger partial charge in [-0.2, -0.15) is 16.4 Å². The highest BCUT2D eigenvalue weighted by Gasteiger charge is 2.25. The van der Waals surface area contributed by atoms with Crippen LogP contribution in [0, 0.1) is 5.92 Å². The third-order valence-electron chi connectivity index (χ3n) is 6.77. The molecule has 0 radical (unpaired) electrons. The lowest BCUT2D eigenvalue weighted by molar-refractivity contribution is 0.0851. The third-order valence-corrected chi connectivity index (χ3v) is 7.46. The third kappa shape index (κ3) is 3.62. The average molecular weight is 495 g/mol. The van der Waals surface area contributed by atoms with E-state index in [2.05, 4.69) is 35.8 Å². The number of nitrogens with zero attached hydrogens (tertiary/aromatic N) is 5. The summed E-state index contributed by atoms with van der Waals surface area (Å²) in [6.07, 6.45) is 8.00. The van der Waals surface area contributed by atoms with Crippen molar-refractivity contribution in [3.63, 3.8) is 0 Å². The number of pyridine rings is 3. The van der Waals surface area contributed by atoms with Gasteiger partial charge in [0.1, 0.15) is 17.3 Å². The van der Waals surface area contributed by atoms with Crippen molar-refractivity contribution in [3.8, 4) is 34.0 Å². The zero-order valence-corrected chi connectivity index (χ0v) is 20.0. The summed E-state index contributed by atoms with van der Waals surface area (Å²) in [5.41, 5.74) is 8.11. The van der Waals surface area contributed by atoms with E-state index in [9.17, 15) is 5.11 Å². The smallest absolute Gasteiger partial charge is 0.161 e. The van der Waals surface area contributed by atoms with Crippen LogP contribution in [0.1, 0.15) is 19.3 Å². The number of nitrogens with one attached hydrogen (secondary N) is 3. The van der Waals surface area contributed by atoms with E-state index in [1.54, 1.807) is 29.9 Å². The fourth-order valence-electron chi connectivity index (χ4n) is 4.59. The van der Waals surface area contributed by atoms with Crippen LogP contribution in [0.4, 0.5) is 5.69 Å². The number of aromatic nitrogens is 7. The van der Waals surface area contributed by atoms with Crippen molar-refractivity contribution in [2.75, 3.05) is 5.32 Å². The first-order valence-electron chi connectivity index (χ1n) is 11.9. The van der Waals surface area contributed by atoms with E-state index in [0.717, 1.165) is 57.6 Å². The van der Waals surface area contributed by atoms with Gasteiger partial charge in [-0.1, -0.05) is 6.42 Å². The lowest BCUT2D eigenvalue weighted by Crippen LogP contribution is -2.33. The van der Waals surface area contributed by atoms with Crippen LogP contribution in [0.15, 0.2) is 59.7 Å². The first-order valence-corrected chi connectivity index (χ1v) is 12.8. The quantitative estimate of drug-likeness (QED) is 0.234. The molecule has 10 heteroatoms. The fraction of sp³-hybridized carbons (Fsp3) is 0.192. The number of fused-ring (bicyclic) bond motifs is 2. The van der Waals surface area contributed by atoms with E-state index in [-0.39, 0.29) is 0 Å². The van der Waals surface area contributed by atoms with Crippen molar-refractivity contribution >= 4 is 39.1 Å². The van der Waals surface area contributed by atoms with Gasteiger partial charge in [0, 0.05) is 34.8 Å². The molecular weight excluding hydrogens is 472 g/mol. The second-order valence-electron chi connectivity index (χ2n) is 9.06. The van der Waals surface area contributed by atoms with E-state index < -0.39 is 6.23 Å². The average Bonchev–Trinajstić information content (AvgIpc) is 3.61. The van der Waals surface area contributed by atoms with Gasteiger partial charge in [-0.3, -0.25) is 15.1 Å². The predicted molar refractivity (Wildman–Crippen MR) is 140 cm³/mol. The van der Waals surface area contributed by atoms with E-state index in [0.29, 0.717) is 23.0 Å². The van der Waals surface area contributed by atoms with Gasteiger partial charge in [-0.15, -0.1) is 0 Å². The Balaban J connectivity index is 1.26. The Kier molecular flexibility index (Phi) is 5.00. The molecule has 0 saturated heterocycles. The number of aromatic amines is 2. The highest BCUT2D eigenvalue weighted by Crippen LogP contribution is 2.33. The highest BCUT2D eigenvalue weighted by molar-refractivity contribution is 7.08. The second-order valence-corrected chi connectivity index (χ2v) is 9.84. The van der Waals surface area contributed by atoms with Gasteiger partial charge in [0.25, 0.3) is 0 Å². The molecule has 1 unspecified atom stereocenters. The number of hydrogen-bond acceptors (Lipinski definition) is 8. The normalized spacial score (nSPS) is 14.8. The Bertz CT molecular complexity index is 1690. The van der Waals surface area contributed by atoms with Crippen LogP contribution in [0.5, 0.6) is 0 Å². The van der Waals surface area contributed by atoms with Gasteiger partial charge in [0.15, 0.2) is 11.5 Å². The topological polar surface area (TPSA) is 128 Å². The highest BCUT2D eigenvalue weighted by atomic mass is 32.1. The molecule has 1 fully saturated rings. The molecule has 0 aromatic carbocycles. The first kappa shape index (κ1) is 21.2. The molecule has 0 bridgehead atoms. The Morgan fingerprint density at radius 3 is 2.75 bits per heavy atom. The molecule has 0 aliphatic heterocycles. The lowest BCUT2D eigenvalue weighted by Gasteiger charge is -2.31. The molecular formula is C26H22N8OS. The van der Waals surface area contributed by atoms with Crippen LogP contribution in [0.2, 0.25) is 0 Å². The van der Waals surface area contributed by atoms with Crippen LogP contribution in [0.25, 0.3) is 56.1 Å². The summed E-state index contributed by atoms with van der Waals surface area (Å²) < 4.78 is 0. The van der Waals surface area contributed by atoms with E-state index in [4.69, 9.17) is 9.97 Å². The molecule has 0 amide bonds. The molecule has 9 nitrogen and oxygen atoms in total. The minimum Gasteiger partial charge on any atom is -0.374 e. The fourth-order valence-corrected chi connectivity index (χ4v) is 5.23. The van der Waals surface area contributed by atoms with Crippen LogP contribution >= 0.6 is 11.3 Å². The lowest BCUT2D eigenvalue weighted by atomic mass is 9.84. The number of imidazole rings is 1. The molecule has 178 valence electrons. The van der Waals surface area contributed by atoms with E-state index in [1.807, 2.05) is 35.7 Å². The van der Waals surface area contributed by atoms with Crippen LogP contribution in [0.3, 0.4) is 0 Å². The molecule has 1 aliphatic rings. The van der Waals surface area contributed by atoms with Gasteiger partial charge in [-0.05, 0) is 48.6 Å². The second kappa shape index (κ2) is 8.51. The summed E-state index contributed by atoms with van der Waals surface area (Å²) in [4.78, 5) is 22.1. The molecule has 6 aromatic heterocycles. The minimum absolute atomic E-state index is 0.302. The molecule has 1 saturated carbocycles. The Morgan fingerprint density at radius 2 is 1.92 bits per heavy atom. The van der Waals surface area contributed by atoms with Crippen LogP contribution in [-0.2, 0) is 0 Å². The number of anilines is 1. The Morgan fingerprint density at radius 1 is 1.00 bits per heavy atom. The molecule has 6 heterocycles. The molecule has 4 N–H and O–H groups in total. The largest absolute Gasteiger partial charge is 0.374 e. The monoisotopic (exact) mass is 494 g/mol. The molecule has 0 spiro atoms. The zero-order chi connectivity index (χ0) is 24.1. The maximum absolute atomic E-state index is 10.4. The molecule has 1 aliphatic carbocycles. The van der Waals surface area contributed by atoms with Gasteiger partial charge < -0.3 is 15.4 Å². The maximum Gasteiger partial charge on any atom is 0.161 e. The maximum atomic E-state index is 10.4. The van der Waals surface area contributed by atoms with Gasteiger partial charge >= 0.3 is 0 Å². The number of aliphatic hydroxyl groups excluding tert-OH is 1. The summed E-state index contributed by atoms with van der Waals surface area (Å²) in [5.74, 6) is 0.929. The van der Waals surface area contributed by atoms with Crippen LogP contribution < -0.4 is 5.32 Å². The van der Waals surface area contributed by atoms with Gasteiger partial charge in [0.05, 0.1) is 34.3 Å². The summed E-state index contributed by atoms with van der Waals surface area (Å²) in [6, 6.07) is 9.81. The summed E-state index contributed by atoms with van der Waals surface area (Å²) in [6.45, 7) is 0. The summed E-state index contributed by atoms with van der Waals surface area (Å²) in [5, 5.41) is 25.3. The molecule has 6 aromatic rings. The summed E-state index contributed by atoms with van der Waals surface area (Å²) in [7, 11) is 0. The van der Waals surface area contributed by atoms with Crippen molar-refractivity contribution in [2.45, 2.75) is 25.5 Å². The van der Waals surface area contributed by atoms with Crippen LogP contribution in [-0.4, -0.2) is 46.5 Å². The van der Waals surface area contributed by atoms with Gasteiger partial charge in [-0.25, -0.2) is 9.97 Å². The molecule has 1 atom stereocenters. The SMILES string of the molecule is OC(Nc1cncc(-c2ccc3[nH]nc(-c4nc5c(-c6ccsc6)nccc5[nH]4)c3n2)c1)C1CCC1. The summed E-state index contributed by atoms with van der Waals surface area (Å²) >= 11 is 1.63. The number of H-pyrrole nitrogens is 2. The number of rotatable bonds is 6. The predicted octanol–water partition coefficient (Wildman–Crippen LogP) is 5.22. The molecule has 36 heavy (non-hydrogen) atoms. The number of hydrogen-bond donors (Lipinski definition) is 4. The Hall–Kier alpha value is -4.15. The van der Waals surface area contributed by atoms with Crippen molar-refractivity contribution in [1.29, 1.82) is 0 Å². The van der Waals surface area contributed by atoms with E-state index in [1.165, 1.54) is 6.42 Å². The van der Waals surface area contributed by atoms with Crippen molar-refractivity contribution in [1.82, 2.24) is 35.1 Å². The number of aliphatic hydroxyl groups is 1. The number of thiophene rings is 1. The van der Waals surface area contributed by atoms with Gasteiger partial charge in [0.2, 0.25) is 0 Å². The standard InChI is InChI=1S/C26H22N8OS/c35-26(14-2-1-3-14)29-17-10-16(11-27-12-17)18-4-5-20-23(30-18)24(34-33-20)25-31-19-6-8-28-21(22(19)32-25)15-7-9-36-13-15/h4-14,26,29,35H,1-3H2,(H,31,32)(H,33,34).